The van der Waals surface area contributed by atoms with Gasteiger partial charge in [0, 0.05) is 10.1 Å². The van der Waals surface area contributed by atoms with Crippen LogP contribution in [0.5, 0.6) is 0 Å². The van der Waals surface area contributed by atoms with Crippen molar-refractivity contribution >= 4 is 28.6 Å². The van der Waals surface area contributed by atoms with Crippen LogP contribution < -0.4 is 0 Å². The van der Waals surface area contributed by atoms with E-state index in [-0.39, 0.29) is 0 Å². The number of nitrogens with zero attached hydrogens (tertiary/aromatic N) is 1. The van der Waals surface area contributed by atoms with Gasteiger partial charge in [-0.25, -0.2) is 0 Å². The summed E-state index contributed by atoms with van der Waals surface area (Å²) in [4.78, 5) is 13.9. The Balaban J connectivity index is 1.93. The molecule has 0 aliphatic carbocycles. The van der Waals surface area contributed by atoms with E-state index in [1.165, 1.54) is 9.13 Å². The lowest BCUT2D eigenvalue weighted by molar-refractivity contribution is -0.152. The number of piperidine rings is 1. The molecule has 1 saturated heterocycles. The number of hydrogen-bond donors (Lipinski definition) is 1. The van der Waals surface area contributed by atoms with Crippen LogP contribution in [0.4, 0.5) is 0 Å². The van der Waals surface area contributed by atoms with Gasteiger partial charge in [-0.1, -0.05) is 25.5 Å². The molecule has 4 heteroatoms. The maximum atomic E-state index is 11.5. The van der Waals surface area contributed by atoms with Crippen molar-refractivity contribution < 1.29 is 9.90 Å². The van der Waals surface area contributed by atoms with Crippen LogP contribution in [0, 0.1) is 8.99 Å². The number of halogens is 1. The quantitative estimate of drug-likeness (QED) is 0.783. The number of carboxylic acids is 1. The highest BCUT2D eigenvalue weighted by atomic mass is 127. The predicted molar refractivity (Wildman–Crippen MR) is 88.6 cm³/mol. The number of aliphatic carboxylic acids is 1. The number of benzene rings is 1. The van der Waals surface area contributed by atoms with Gasteiger partial charge in [-0.3, -0.25) is 9.69 Å². The van der Waals surface area contributed by atoms with E-state index in [0.717, 1.165) is 45.3 Å². The largest absolute Gasteiger partial charge is 0.481 e. The van der Waals surface area contributed by atoms with E-state index in [4.69, 9.17) is 0 Å². The highest BCUT2D eigenvalue weighted by Gasteiger charge is 2.40. The lowest BCUT2D eigenvalue weighted by atomic mass is 9.75. The Kier molecular flexibility index (Phi) is 5.43. The first-order valence-electron chi connectivity index (χ1n) is 7.26. The van der Waals surface area contributed by atoms with E-state index in [1.807, 2.05) is 0 Å². The first-order valence-corrected chi connectivity index (χ1v) is 8.34. The molecule has 0 saturated carbocycles. The molecule has 0 amide bonds. The van der Waals surface area contributed by atoms with E-state index in [0.29, 0.717) is 0 Å². The minimum Gasteiger partial charge on any atom is -0.481 e. The fourth-order valence-electron chi connectivity index (χ4n) is 3.04. The molecule has 0 aromatic heterocycles. The average molecular weight is 387 g/mol. The van der Waals surface area contributed by atoms with E-state index >= 15 is 0 Å². The molecule has 3 nitrogen and oxygen atoms in total. The molecule has 1 aliphatic heterocycles. The lowest BCUT2D eigenvalue weighted by Crippen LogP contribution is -2.44. The van der Waals surface area contributed by atoms with E-state index in [9.17, 15) is 9.90 Å². The maximum Gasteiger partial charge on any atom is 0.309 e. The molecule has 1 heterocycles. The summed E-state index contributed by atoms with van der Waals surface area (Å²) in [7, 11) is 0. The monoisotopic (exact) mass is 387 g/mol. The standard InChI is InChI=1S/C16H22INO2/c1-2-7-16(15(19)20)8-10-18(11-9-16)12-13-3-5-14(17)6-4-13/h3-6H,2,7-12H2,1H3,(H,19,20). The minimum absolute atomic E-state index is 0.475. The van der Waals surface area contributed by atoms with Gasteiger partial charge < -0.3 is 5.11 Å². The summed E-state index contributed by atoms with van der Waals surface area (Å²) in [6.45, 7) is 4.78. The van der Waals surface area contributed by atoms with E-state index in [1.54, 1.807) is 0 Å². The molecule has 0 bridgehead atoms. The maximum absolute atomic E-state index is 11.5. The number of carboxylic acid groups (broad SMARTS) is 1. The third-order valence-electron chi connectivity index (χ3n) is 4.31. The van der Waals surface area contributed by atoms with Gasteiger partial charge in [0.05, 0.1) is 5.41 Å². The Labute approximate surface area is 134 Å². The van der Waals surface area contributed by atoms with Crippen LogP contribution in [0.1, 0.15) is 38.2 Å². The van der Waals surface area contributed by atoms with Crippen molar-refractivity contribution in [2.24, 2.45) is 5.41 Å². The number of likely N-dealkylation sites (tertiary alicyclic amines) is 1. The molecule has 2 rings (SSSR count). The zero-order chi connectivity index (χ0) is 14.6. The van der Waals surface area contributed by atoms with Crippen molar-refractivity contribution in [2.75, 3.05) is 13.1 Å². The Morgan fingerprint density at radius 1 is 1.30 bits per heavy atom. The predicted octanol–water partition coefficient (Wildman–Crippen LogP) is 3.76. The molecule has 110 valence electrons. The second kappa shape index (κ2) is 6.89. The summed E-state index contributed by atoms with van der Waals surface area (Å²) in [5.41, 5.74) is 0.834. The van der Waals surface area contributed by atoms with Crippen LogP contribution in [-0.4, -0.2) is 29.1 Å². The molecule has 1 aromatic carbocycles. The zero-order valence-electron chi connectivity index (χ0n) is 11.9. The van der Waals surface area contributed by atoms with Crippen molar-refractivity contribution in [1.82, 2.24) is 4.90 Å². The van der Waals surface area contributed by atoms with Crippen molar-refractivity contribution in [1.29, 1.82) is 0 Å². The van der Waals surface area contributed by atoms with Crippen molar-refractivity contribution in [2.45, 2.75) is 39.2 Å². The molecule has 1 aromatic rings. The van der Waals surface area contributed by atoms with Gasteiger partial charge >= 0.3 is 5.97 Å². The van der Waals surface area contributed by atoms with Crippen LogP contribution in [0.3, 0.4) is 0 Å². The summed E-state index contributed by atoms with van der Waals surface area (Å²) in [5.74, 6) is -0.603. The molecule has 0 radical (unpaired) electrons. The fourth-order valence-corrected chi connectivity index (χ4v) is 3.40. The third-order valence-corrected chi connectivity index (χ3v) is 5.03. The molecule has 0 unspecified atom stereocenters. The molecule has 0 atom stereocenters. The van der Waals surface area contributed by atoms with Gasteiger partial charge in [-0.2, -0.15) is 0 Å². The Morgan fingerprint density at radius 2 is 1.90 bits per heavy atom. The molecular formula is C16H22INO2. The number of hydrogen-bond acceptors (Lipinski definition) is 2. The highest BCUT2D eigenvalue weighted by Crippen LogP contribution is 2.36. The Bertz CT molecular complexity index is 450. The molecule has 20 heavy (non-hydrogen) atoms. The first-order chi connectivity index (χ1) is 9.55. The Morgan fingerprint density at radius 3 is 2.40 bits per heavy atom. The van der Waals surface area contributed by atoms with Crippen LogP contribution in [0.15, 0.2) is 24.3 Å². The number of carbonyl (C=O) groups is 1. The summed E-state index contributed by atoms with van der Waals surface area (Å²) in [5, 5.41) is 9.51. The molecule has 1 N–H and O–H groups in total. The van der Waals surface area contributed by atoms with E-state index in [2.05, 4.69) is 58.7 Å². The lowest BCUT2D eigenvalue weighted by Gasteiger charge is -2.38. The topological polar surface area (TPSA) is 40.5 Å². The average Bonchev–Trinajstić information content (AvgIpc) is 2.44. The second-order valence-corrected chi connectivity index (χ2v) is 6.98. The van der Waals surface area contributed by atoms with Gasteiger partial charge in [0.15, 0.2) is 0 Å². The number of rotatable bonds is 5. The second-order valence-electron chi connectivity index (χ2n) is 5.74. The molecule has 1 fully saturated rings. The SMILES string of the molecule is CCCC1(C(=O)O)CCN(Cc2ccc(I)cc2)CC1. The summed E-state index contributed by atoms with van der Waals surface area (Å²) in [6.07, 6.45) is 3.31. The van der Waals surface area contributed by atoms with Gasteiger partial charge in [0.2, 0.25) is 0 Å². The van der Waals surface area contributed by atoms with Gasteiger partial charge in [-0.05, 0) is 72.6 Å². The van der Waals surface area contributed by atoms with E-state index < -0.39 is 11.4 Å². The van der Waals surface area contributed by atoms with Crippen molar-refractivity contribution in [3.8, 4) is 0 Å². The third kappa shape index (κ3) is 3.73. The molecule has 0 spiro atoms. The normalized spacial score (nSPS) is 18.9. The van der Waals surface area contributed by atoms with Crippen LogP contribution in [0.2, 0.25) is 0 Å². The smallest absolute Gasteiger partial charge is 0.309 e. The van der Waals surface area contributed by atoms with Gasteiger partial charge in [-0.15, -0.1) is 0 Å². The fraction of sp³-hybridized carbons (Fsp3) is 0.562. The Hall–Kier alpha value is -0.620. The summed E-state index contributed by atoms with van der Waals surface area (Å²) in [6, 6.07) is 8.57. The molecular weight excluding hydrogens is 365 g/mol. The van der Waals surface area contributed by atoms with Gasteiger partial charge in [0.25, 0.3) is 0 Å². The highest BCUT2D eigenvalue weighted by molar-refractivity contribution is 14.1. The van der Waals surface area contributed by atoms with Crippen LogP contribution in [0.25, 0.3) is 0 Å². The molecule has 1 aliphatic rings. The summed E-state index contributed by atoms with van der Waals surface area (Å²) < 4.78 is 1.25. The first kappa shape index (κ1) is 15.8. The van der Waals surface area contributed by atoms with Crippen molar-refractivity contribution in [3.05, 3.63) is 33.4 Å². The van der Waals surface area contributed by atoms with Crippen LogP contribution >= 0.6 is 22.6 Å². The zero-order valence-corrected chi connectivity index (χ0v) is 14.1. The minimum atomic E-state index is -0.603. The van der Waals surface area contributed by atoms with Crippen molar-refractivity contribution in [3.63, 3.8) is 0 Å². The summed E-state index contributed by atoms with van der Waals surface area (Å²) >= 11 is 2.31. The van der Waals surface area contributed by atoms with Crippen LogP contribution in [-0.2, 0) is 11.3 Å². The van der Waals surface area contributed by atoms with Gasteiger partial charge in [0.1, 0.15) is 0 Å².